The van der Waals surface area contributed by atoms with Crippen LogP contribution >= 0.6 is 0 Å². The Morgan fingerprint density at radius 3 is 2.75 bits per heavy atom. The Hall–Kier alpha value is -3.99. The fourth-order valence-corrected chi connectivity index (χ4v) is 2.71. The highest BCUT2D eigenvalue weighted by Gasteiger charge is 2.16. The molecule has 2 aromatic carbocycles. The number of hydrogen-bond donors (Lipinski definition) is 1. The van der Waals surface area contributed by atoms with E-state index in [0.29, 0.717) is 16.8 Å². The molecule has 0 saturated heterocycles. The van der Waals surface area contributed by atoms with Crippen LogP contribution in [0.3, 0.4) is 0 Å². The molecule has 28 heavy (non-hydrogen) atoms. The maximum Gasteiger partial charge on any atom is 0.254 e. The number of carbonyl (C=O) groups excluding carboxylic acids is 2. The molecule has 0 aliphatic rings. The van der Waals surface area contributed by atoms with Gasteiger partial charge < -0.3 is 10.2 Å². The van der Waals surface area contributed by atoms with Crippen molar-refractivity contribution in [3.63, 3.8) is 0 Å². The quantitative estimate of drug-likeness (QED) is 0.686. The number of likely N-dealkylation sites (N-methyl/N-ethyl adjacent to an activating group) is 1. The molecule has 0 bridgehead atoms. The summed E-state index contributed by atoms with van der Waals surface area (Å²) in [6, 6.07) is 12.1. The number of nitrogens with one attached hydrogen (secondary N) is 1. The van der Waals surface area contributed by atoms with Gasteiger partial charge in [0.05, 0.1) is 12.2 Å². The van der Waals surface area contributed by atoms with Crippen molar-refractivity contribution in [3.05, 3.63) is 65.5 Å². The molecule has 8 heteroatoms. The lowest BCUT2D eigenvalue weighted by Crippen LogP contribution is -2.35. The minimum Gasteiger partial charge on any atom is -0.332 e. The number of tetrazole rings is 1. The minimum absolute atomic E-state index is 0.0904. The fraction of sp³-hybridized carbons (Fsp3) is 0.150. The number of amides is 2. The van der Waals surface area contributed by atoms with Gasteiger partial charge in [0.15, 0.2) is 0 Å². The number of anilines is 1. The summed E-state index contributed by atoms with van der Waals surface area (Å²) in [5, 5.41) is 13.8. The van der Waals surface area contributed by atoms with Crippen molar-refractivity contribution in [1.29, 1.82) is 0 Å². The lowest BCUT2D eigenvalue weighted by Gasteiger charge is -2.17. The topological polar surface area (TPSA) is 93.0 Å². The van der Waals surface area contributed by atoms with E-state index in [9.17, 15) is 9.59 Å². The van der Waals surface area contributed by atoms with Crippen molar-refractivity contribution >= 4 is 17.5 Å². The van der Waals surface area contributed by atoms with E-state index in [1.54, 1.807) is 49.5 Å². The van der Waals surface area contributed by atoms with E-state index in [-0.39, 0.29) is 18.4 Å². The number of rotatable bonds is 5. The molecule has 0 atom stereocenters. The first kappa shape index (κ1) is 18.8. The highest BCUT2D eigenvalue weighted by molar-refractivity contribution is 5.99. The predicted molar refractivity (Wildman–Crippen MR) is 104 cm³/mol. The number of aromatic nitrogens is 4. The van der Waals surface area contributed by atoms with Crippen molar-refractivity contribution in [2.75, 3.05) is 18.9 Å². The molecule has 8 nitrogen and oxygen atoms in total. The zero-order chi connectivity index (χ0) is 20.1. The fourth-order valence-electron chi connectivity index (χ4n) is 2.71. The molecule has 1 aromatic heterocycles. The van der Waals surface area contributed by atoms with Gasteiger partial charge in [0.25, 0.3) is 5.91 Å². The van der Waals surface area contributed by atoms with Gasteiger partial charge in [0.2, 0.25) is 5.91 Å². The molecule has 140 valence electrons. The van der Waals surface area contributed by atoms with Gasteiger partial charge in [-0.2, -0.15) is 0 Å². The van der Waals surface area contributed by atoms with Gasteiger partial charge in [-0.25, -0.2) is 4.68 Å². The third kappa shape index (κ3) is 4.22. The second kappa shape index (κ2) is 8.14. The maximum absolute atomic E-state index is 12.7. The molecule has 0 saturated carbocycles. The normalized spacial score (nSPS) is 10.2. The molecule has 0 unspecified atom stereocenters. The molecule has 0 aliphatic carbocycles. The molecule has 1 N–H and O–H groups in total. The highest BCUT2D eigenvalue weighted by Crippen LogP contribution is 2.16. The SMILES string of the molecule is C#Cc1cccc(NC(=O)CN(C)C(=O)c2ccc(-n3cnnn3)c(C)c2)c1. The van der Waals surface area contributed by atoms with Gasteiger partial charge in [-0.05, 0) is 59.3 Å². The van der Waals surface area contributed by atoms with Crippen LogP contribution in [-0.4, -0.2) is 50.5 Å². The van der Waals surface area contributed by atoms with E-state index in [1.807, 2.05) is 6.92 Å². The third-order valence-electron chi connectivity index (χ3n) is 4.08. The van der Waals surface area contributed by atoms with Gasteiger partial charge in [0, 0.05) is 23.9 Å². The Kier molecular flexibility index (Phi) is 5.46. The average Bonchev–Trinajstić information content (AvgIpc) is 3.21. The lowest BCUT2D eigenvalue weighted by molar-refractivity contribution is -0.116. The molecule has 3 rings (SSSR count). The summed E-state index contributed by atoms with van der Waals surface area (Å²) in [7, 11) is 1.57. The monoisotopic (exact) mass is 374 g/mol. The molecule has 0 spiro atoms. The zero-order valence-corrected chi connectivity index (χ0v) is 15.5. The van der Waals surface area contributed by atoms with E-state index in [1.165, 1.54) is 15.9 Å². The van der Waals surface area contributed by atoms with E-state index >= 15 is 0 Å². The third-order valence-corrected chi connectivity index (χ3v) is 4.08. The van der Waals surface area contributed by atoms with Crippen LogP contribution in [-0.2, 0) is 4.79 Å². The van der Waals surface area contributed by atoms with Crippen LogP contribution in [0.25, 0.3) is 5.69 Å². The first-order chi connectivity index (χ1) is 13.5. The number of benzene rings is 2. The summed E-state index contributed by atoms with van der Waals surface area (Å²) < 4.78 is 1.52. The van der Waals surface area contributed by atoms with Crippen molar-refractivity contribution in [2.24, 2.45) is 0 Å². The van der Waals surface area contributed by atoms with Gasteiger partial charge in [-0.3, -0.25) is 9.59 Å². The minimum atomic E-state index is -0.313. The second-order valence-corrected chi connectivity index (χ2v) is 6.19. The molecule has 1 heterocycles. The summed E-state index contributed by atoms with van der Waals surface area (Å²) in [6.45, 7) is 1.77. The Morgan fingerprint density at radius 2 is 2.07 bits per heavy atom. The lowest BCUT2D eigenvalue weighted by atomic mass is 10.1. The Balaban J connectivity index is 1.66. The van der Waals surface area contributed by atoms with Gasteiger partial charge in [-0.1, -0.05) is 12.0 Å². The summed E-state index contributed by atoms with van der Waals surface area (Å²) in [5.41, 5.74) is 3.33. The second-order valence-electron chi connectivity index (χ2n) is 6.19. The first-order valence-electron chi connectivity index (χ1n) is 8.44. The van der Waals surface area contributed by atoms with Crippen molar-refractivity contribution in [1.82, 2.24) is 25.1 Å². The maximum atomic E-state index is 12.7. The number of terminal acetylenes is 1. The van der Waals surface area contributed by atoms with Crippen LogP contribution in [0.2, 0.25) is 0 Å². The van der Waals surface area contributed by atoms with Crippen LogP contribution in [0.1, 0.15) is 21.5 Å². The number of nitrogens with zero attached hydrogens (tertiary/aromatic N) is 5. The molecule has 0 aliphatic heterocycles. The Morgan fingerprint density at radius 1 is 1.25 bits per heavy atom. The van der Waals surface area contributed by atoms with Crippen LogP contribution in [0, 0.1) is 19.3 Å². The zero-order valence-electron chi connectivity index (χ0n) is 15.5. The van der Waals surface area contributed by atoms with Crippen LogP contribution < -0.4 is 5.32 Å². The molecule has 0 fully saturated rings. The van der Waals surface area contributed by atoms with Crippen molar-refractivity contribution in [2.45, 2.75) is 6.92 Å². The average molecular weight is 374 g/mol. The summed E-state index contributed by atoms with van der Waals surface area (Å²) in [5.74, 6) is 1.93. The summed E-state index contributed by atoms with van der Waals surface area (Å²) in [4.78, 5) is 26.3. The van der Waals surface area contributed by atoms with Gasteiger partial charge in [-0.15, -0.1) is 11.5 Å². The standard InChI is InChI=1S/C20H18N6O2/c1-4-15-6-5-7-17(11-15)22-19(27)12-25(3)20(28)16-8-9-18(14(2)10-16)26-13-21-23-24-26/h1,5-11,13H,12H2,2-3H3,(H,22,27). The van der Waals surface area contributed by atoms with E-state index in [2.05, 4.69) is 26.8 Å². The van der Waals surface area contributed by atoms with Gasteiger partial charge in [0.1, 0.15) is 6.33 Å². The van der Waals surface area contributed by atoms with Crippen molar-refractivity contribution in [3.8, 4) is 18.0 Å². The van der Waals surface area contributed by atoms with E-state index in [4.69, 9.17) is 6.42 Å². The molecular weight excluding hydrogens is 356 g/mol. The van der Waals surface area contributed by atoms with Crippen LogP contribution in [0.4, 0.5) is 5.69 Å². The van der Waals surface area contributed by atoms with Gasteiger partial charge >= 0.3 is 0 Å². The Labute approximate surface area is 162 Å². The predicted octanol–water partition coefficient (Wildman–Crippen LogP) is 1.66. The highest BCUT2D eigenvalue weighted by atomic mass is 16.2. The van der Waals surface area contributed by atoms with E-state index in [0.717, 1.165) is 11.3 Å². The smallest absolute Gasteiger partial charge is 0.254 e. The summed E-state index contributed by atoms with van der Waals surface area (Å²) in [6.07, 6.45) is 6.84. The van der Waals surface area contributed by atoms with Crippen molar-refractivity contribution < 1.29 is 9.59 Å². The summed E-state index contributed by atoms with van der Waals surface area (Å²) >= 11 is 0. The molecular formula is C20H18N6O2. The number of aryl methyl sites for hydroxylation is 1. The Bertz CT molecular complexity index is 1050. The van der Waals surface area contributed by atoms with Crippen LogP contribution in [0.5, 0.6) is 0 Å². The van der Waals surface area contributed by atoms with E-state index < -0.39 is 0 Å². The molecule has 2 amide bonds. The number of hydrogen-bond acceptors (Lipinski definition) is 5. The largest absolute Gasteiger partial charge is 0.332 e. The molecule has 0 radical (unpaired) electrons. The first-order valence-corrected chi connectivity index (χ1v) is 8.44. The molecule has 3 aromatic rings. The van der Waals surface area contributed by atoms with Crippen LogP contribution in [0.15, 0.2) is 48.8 Å². The number of carbonyl (C=O) groups is 2.